The average molecular weight is 258 g/mol. The molecule has 14 heavy (non-hydrogen) atoms. The highest BCUT2D eigenvalue weighted by Gasteiger charge is 2.13. The van der Waals surface area contributed by atoms with Gasteiger partial charge in [0, 0.05) is 30.6 Å². The van der Waals surface area contributed by atoms with Crippen LogP contribution in [-0.4, -0.2) is 16.7 Å². The van der Waals surface area contributed by atoms with E-state index in [1.807, 2.05) is 0 Å². The summed E-state index contributed by atoms with van der Waals surface area (Å²) in [4.78, 5) is 3.81. The summed E-state index contributed by atoms with van der Waals surface area (Å²) in [6.45, 7) is 0.0101. The maximum atomic E-state index is 8.70. The zero-order chi connectivity index (χ0) is 9.84. The van der Waals surface area contributed by atoms with Crippen molar-refractivity contribution in [2.45, 2.75) is 12.5 Å². The molecule has 0 radical (unpaired) electrons. The molecule has 0 spiro atoms. The Morgan fingerprint density at radius 1 is 1.36 bits per heavy atom. The lowest BCUT2D eigenvalue weighted by Crippen LogP contribution is -2.13. The van der Waals surface area contributed by atoms with Crippen LogP contribution >= 0.6 is 35.6 Å². The summed E-state index contributed by atoms with van der Waals surface area (Å²) in [7, 11) is 0. The maximum Gasteiger partial charge on any atom is 0.0651 e. The van der Waals surface area contributed by atoms with Crippen molar-refractivity contribution in [2.24, 2.45) is 5.73 Å². The van der Waals surface area contributed by atoms with Crippen LogP contribution in [0.15, 0.2) is 12.4 Å². The number of aliphatic hydroxyl groups is 1. The molecule has 6 heteroatoms. The number of rotatable bonds is 3. The molecule has 0 bridgehead atoms. The molecule has 80 valence electrons. The van der Waals surface area contributed by atoms with Gasteiger partial charge in [0.25, 0.3) is 0 Å². The minimum atomic E-state index is -0.340. The van der Waals surface area contributed by atoms with Gasteiger partial charge in [-0.25, -0.2) is 0 Å². The smallest absolute Gasteiger partial charge is 0.0651 e. The minimum Gasteiger partial charge on any atom is -0.396 e. The Labute approximate surface area is 98.6 Å². The lowest BCUT2D eigenvalue weighted by atomic mass is 10.1. The van der Waals surface area contributed by atoms with Crippen LogP contribution in [0.5, 0.6) is 0 Å². The lowest BCUT2D eigenvalue weighted by molar-refractivity contribution is 0.276. The molecule has 0 aliphatic carbocycles. The molecule has 0 saturated carbocycles. The largest absolute Gasteiger partial charge is 0.396 e. The zero-order valence-corrected chi connectivity index (χ0v) is 9.61. The van der Waals surface area contributed by atoms with Crippen molar-refractivity contribution in [3.63, 3.8) is 0 Å². The first-order chi connectivity index (χ1) is 6.16. The topological polar surface area (TPSA) is 59.1 Å². The Morgan fingerprint density at radius 3 is 2.29 bits per heavy atom. The average Bonchev–Trinajstić information content (AvgIpc) is 2.04. The number of halogens is 3. The Kier molecular flexibility index (Phi) is 6.40. The Bertz CT molecular complexity index is 276. The second-order valence-corrected chi connectivity index (χ2v) is 3.45. The molecule has 1 aromatic rings. The molecule has 0 amide bonds. The predicted molar refractivity (Wildman–Crippen MR) is 60.1 cm³/mol. The molecule has 1 heterocycles. The highest BCUT2D eigenvalue weighted by atomic mass is 35.5. The normalized spacial score (nSPS) is 12.0. The van der Waals surface area contributed by atoms with Gasteiger partial charge in [-0.1, -0.05) is 23.2 Å². The molecule has 1 rings (SSSR count). The molecule has 1 atom stereocenters. The van der Waals surface area contributed by atoms with E-state index in [4.69, 9.17) is 34.0 Å². The van der Waals surface area contributed by atoms with Crippen molar-refractivity contribution in [3.05, 3.63) is 28.0 Å². The first-order valence-corrected chi connectivity index (χ1v) is 4.57. The van der Waals surface area contributed by atoms with Crippen molar-refractivity contribution < 1.29 is 5.11 Å². The van der Waals surface area contributed by atoms with Crippen molar-refractivity contribution >= 4 is 35.6 Å². The Balaban J connectivity index is 0.00000169. The maximum absolute atomic E-state index is 8.70. The fourth-order valence-electron chi connectivity index (χ4n) is 1.06. The highest BCUT2D eigenvalue weighted by molar-refractivity contribution is 6.35. The van der Waals surface area contributed by atoms with E-state index in [0.29, 0.717) is 22.0 Å². The summed E-state index contributed by atoms with van der Waals surface area (Å²) in [5.41, 5.74) is 6.40. The van der Waals surface area contributed by atoms with E-state index >= 15 is 0 Å². The van der Waals surface area contributed by atoms with Crippen LogP contribution in [0.4, 0.5) is 0 Å². The van der Waals surface area contributed by atoms with E-state index in [1.165, 1.54) is 12.4 Å². The zero-order valence-electron chi connectivity index (χ0n) is 7.28. The van der Waals surface area contributed by atoms with Gasteiger partial charge in [-0.3, -0.25) is 4.98 Å². The van der Waals surface area contributed by atoms with Crippen molar-refractivity contribution in [1.29, 1.82) is 0 Å². The molecule has 0 aliphatic rings. The van der Waals surface area contributed by atoms with E-state index in [0.717, 1.165) is 0 Å². The summed E-state index contributed by atoms with van der Waals surface area (Å²) in [6, 6.07) is -0.340. The molecule has 1 aromatic heterocycles. The molecule has 3 nitrogen and oxygen atoms in total. The van der Waals surface area contributed by atoms with Crippen molar-refractivity contribution in [1.82, 2.24) is 4.98 Å². The van der Waals surface area contributed by atoms with E-state index in [-0.39, 0.29) is 25.1 Å². The molecule has 0 fully saturated rings. The number of aromatic nitrogens is 1. The van der Waals surface area contributed by atoms with E-state index in [9.17, 15) is 0 Å². The number of pyridine rings is 1. The summed E-state index contributed by atoms with van der Waals surface area (Å²) < 4.78 is 0. The number of aliphatic hydroxyl groups excluding tert-OH is 1. The van der Waals surface area contributed by atoms with Gasteiger partial charge in [-0.05, 0) is 6.42 Å². The van der Waals surface area contributed by atoms with Crippen LogP contribution in [0, 0.1) is 0 Å². The molecule has 0 aromatic carbocycles. The SMILES string of the molecule is Cl.N[C@H](CCO)c1c(Cl)cncc1Cl. The van der Waals surface area contributed by atoms with Crippen molar-refractivity contribution in [3.8, 4) is 0 Å². The van der Waals surface area contributed by atoms with Crippen LogP contribution in [0.1, 0.15) is 18.0 Å². The minimum absolute atomic E-state index is 0. The van der Waals surface area contributed by atoms with Crippen LogP contribution in [-0.2, 0) is 0 Å². The lowest BCUT2D eigenvalue weighted by Gasteiger charge is -2.13. The van der Waals surface area contributed by atoms with Gasteiger partial charge in [0.05, 0.1) is 10.0 Å². The summed E-state index contributed by atoms with van der Waals surface area (Å²) in [5, 5.41) is 9.57. The second kappa shape index (κ2) is 6.43. The van der Waals surface area contributed by atoms with Gasteiger partial charge < -0.3 is 10.8 Å². The third kappa shape index (κ3) is 3.26. The molecular formula is C8H11Cl3N2O. The van der Waals surface area contributed by atoms with Gasteiger partial charge in [0.15, 0.2) is 0 Å². The predicted octanol–water partition coefficient (Wildman–Crippen LogP) is 2.19. The van der Waals surface area contributed by atoms with Gasteiger partial charge in [0.2, 0.25) is 0 Å². The standard InChI is InChI=1S/C8H10Cl2N2O.ClH/c9-5-3-12-4-6(10)8(5)7(11)1-2-13;/h3-4,7,13H,1-2,11H2;1H/t7-;/m1./s1. The van der Waals surface area contributed by atoms with Crippen molar-refractivity contribution in [2.75, 3.05) is 6.61 Å². The van der Waals surface area contributed by atoms with Gasteiger partial charge in [-0.15, -0.1) is 12.4 Å². The Hall–Kier alpha value is -0.0600. The second-order valence-electron chi connectivity index (χ2n) is 2.64. The van der Waals surface area contributed by atoms with Crippen LogP contribution in [0.2, 0.25) is 10.0 Å². The van der Waals surface area contributed by atoms with Crippen LogP contribution in [0.25, 0.3) is 0 Å². The summed E-state index contributed by atoms with van der Waals surface area (Å²) in [6.07, 6.45) is 3.41. The number of nitrogens with two attached hydrogens (primary N) is 1. The first-order valence-electron chi connectivity index (χ1n) is 3.82. The molecule has 0 unspecified atom stereocenters. The molecular weight excluding hydrogens is 246 g/mol. The van der Waals surface area contributed by atoms with Crippen LogP contribution in [0.3, 0.4) is 0 Å². The number of hydrogen-bond acceptors (Lipinski definition) is 3. The summed E-state index contributed by atoms with van der Waals surface area (Å²) in [5.74, 6) is 0. The van der Waals surface area contributed by atoms with E-state index in [2.05, 4.69) is 4.98 Å². The fraction of sp³-hybridized carbons (Fsp3) is 0.375. The Morgan fingerprint density at radius 2 is 1.86 bits per heavy atom. The van der Waals surface area contributed by atoms with E-state index in [1.54, 1.807) is 0 Å². The van der Waals surface area contributed by atoms with Gasteiger partial charge in [0.1, 0.15) is 0 Å². The molecule has 3 N–H and O–H groups in total. The first kappa shape index (κ1) is 13.9. The summed E-state index contributed by atoms with van der Waals surface area (Å²) >= 11 is 11.7. The highest BCUT2D eigenvalue weighted by Crippen LogP contribution is 2.29. The van der Waals surface area contributed by atoms with Gasteiger partial charge in [-0.2, -0.15) is 0 Å². The quantitative estimate of drug-likeness (QED) is 0.873. The monoisotopic (exact) mass is 256 g/mol. The van der Waals surface area contributed by atoms with Gasteiger partial charge >= 0.3 is 0 Å². The third-order valence-corrected chi connectivity index (χ3v) is 2.30. The molecule has 0 aliphatic heterocycles. The third-order valence-electron chi connectivity index (χ3n) is 1.70. The number of nitrogens with zero attached hydrogens (tertiary/aromatic N) is 1. The number of hydrogen-bond donors (Lipinski definition) is 2. The molecule has 0 saturated heterocycles. The van der Waals surface area contributed by atoms with Crippen LogP contribution < -0.4 is 5.73 Å². The van der Waals surface area contributed by atoms with E-state index < -0.39 is 0 Å². The fourth-order valence-corrected chi connectivity index (χ4v) is 1.70.